The second-order valence-electron chi connectivity index (χ2n) is 4.37. The minimum atomic E-state index is 0.0641. The zero-order valence-electron chi connectivity index (χ0n) is 9.42. The van der Waals surface area contributed by atoms with Gasteiger partial charge in [-0.25, -0.2) is 0 Å². The van der Waals surface area contributed by atoms with Gasteiger partial charge in [0.1, 0.15) is 0 Å². The van der Waals surface area contributed by atoms with Crippen molar-refractivity contribution >= 4 is 17.3 Å². The minimum Gasteiger partial charge on any atom is -0.326 e. The van der Waals surface area contributed by atoms with E-state index < -0.39 is 0 Å². The van der Waals surface area contributed by atoms with Crippen LogP contribution < -0.4 is 10.7 Å². The van der Waals surface area contributed by atoms with Crippen LogP contribution in [-0.4, -0.2) is 11.6 Å². The van der Waals surface area contributed by atoms with Crippen LogP contribution in [0.5, 0.6) is 0 Å². The van der Waals surface area contributed by atoms with Crippen LogP contribution in [0, 0.1) is 0 Å². The van der Waals surface area contributed by atoms with Gasteiger partial charge in [0.15, 0.2) is 0 Å². The molecule has 2 heterocycles. The van der Waals surface area contributed by atoms with Crippen LogP contribution >= 0.6 is 0 Å². The van der Waals surface area contributed by atoms with E-state index >= 15 is 0 Å². The molecule has 0 atom stereocenters. The maximum atomic E-state index is 11.3. The van der Waals surface area contributed by atoms with E-state index in [9.17, 15) is 4.79 Å². The molecule has 2 aliphatic rings. The van der Waals surface area contributed by atoms with Gasteiger partial charge in [0, 0.05) is 11.4 Å². The standard InChI is InChI=1S/C13H13N3O/c1-8-2-4-12(16-15-8)9-3-5-11-10(6-9)7-13(17)14-11/h3,5-6,15H,1-2,4,7H2,(H,14,17). The van der Waals surface area contributed by atoms with Crippen molar-refractivity contribution in [2.24, 2.45) is 5.10 Å². The number of hydrogen-bond acceptors (Lipinski definition) is 3. The first kappa shape index (κ1) is 10.1. The van der Waals surface area contributed by atoms with Gasteiger partial charge in [-0.15, -0.1) is 0 Å². The van der Waals surface area contributed by atoms with Crippen LogP contribution in [0.1, 0.15) is 24.0 Å². The number of amides is 1. The number of benzene rings is 1. The van der Waals surface area contributed by atoms with Gasteiger partial charge in [-0.05, 0) is 36.1 Å². The van der Waals surface area contributed by atoms with E-state index in [4.69, 9.17) is 0 Å². The monoisotopic (exact) mass is 227 g/mol. The zero-order chi connectivity index (χ0) is 11.8. The summed E-state index contributed by atoms with van der Waals surface area (Å²) in [6.07, 6.45) is 2.27. The van der Waals surface area contributed by atoms with Crippen LogP contribution in [0.4, 0.5) is 5.69 Å². The fourth-order valence-corrected chi connectivity index (χ4v) is 2.15. The maximum Gasteiger partial charge on any atom is 0.228 e. The first-order chi connectivity index (χ1) is 8.22. The third-order valence-electron chi connectivity index (χ3n) is 3.08. The number of hydrazone groups is 1. The number of allylic oxidation sites excluding steroid dienone is 1. The summed E-state index contributed by atoms with van der Waals surface area (Å²) in [7, 11) is 0. The molecule has 0 radical (unpaired) electrons. The lowest BCUT2D eigenvalue weighted by Crippen LogP contribution is -2.17. The molecule has 4 nitrogen and oxygen atoms in total. The van der Waals surface area contributed by atoms with Crippen molar-refractivity contribution in [3.63, 3.8) is 0 Å². The van der Waals surface area contributed by atoms with Gasteiger partial charge in [-0.1, -0.05) is 12.6 Å². The van der Waals surface area contributed by atoms with Crippen LogP contribution in [0.3, 0.4) is 0 Å². The molecule has 0 aliphatic carbocycles. The normalized spacial score (nSPS) is 18.2. The minimum absolute atomic E-state index is 0.0641. The average Bonchev–Trinajstić information content (AvgIpc) is 2.69. The number of rotatable bonds is 1. The highest BCUT2D eigenvalue weighted by atomic mass is 16.1. The van der Waals surface area contributed by atoms with E-state index in [0.29, 0.717) is 6.42 Å². The van der Waals surface area contributed by atoms with Crippen molar-refractivity contribution < 1.29 is 4.79 Å². The van der Waals surface area contributed by atoms with E-state index in [1.54, 1.807) is 0 Å². The van der Waals surface area contributed by atoms with Gasteiger partial charge in [-0.3, -0.25) is 10.2 Å². The number of anilines is 1. The van der Waals surface area contributed by atoms with Gasteiger partial charge in [-0.2, -0.15) is 5.10 Å². The Morgan fingerprint density at radius 2 is 2.18 bits per heavy atom. The zero-order valence-corrected chi connectivity index (χ0v) is 9.42. The molecule has 0 saturated heterocycles. The molecule has 0 unspecified atom stereocenters. The lowest BCUT2D eigenvalue weighted by Gasteiger charge is -2.15. The number of fused-ring (bicyclic) bond motifs is 1. The quantitative estimate of drug-likeness (QED) is 0.768. The summed E-state index contributed by atoms with van der Waals surface area (Å²) >= 11 is 0. The molecule has 0 saturated carbocycles. The number of nitrogens with zero attached hydrogens (tertiary/aromatic N) is 1. The molecule has 17 heavy (non-hydrogen) atoms. The fourth-order valence-electron chi connectivity index (χ4n) is 2.15. The topological polar surface area (TPSA) is 53.5 Å². The number of carbonyl (C=O) groups is 1. The molecule has 86 valence electrons. The summed E-state index contributed by atoms with van der Waals surface area (Å²) in [4.78, 5) is 11.3. The Hall–Kier alpha value is -2.10. The molecular formula is C13H13N3O. The lowest BCUT2D eigenvalue weighted by atomic mass is 10.0. The second kappa shape index (κ2) is 3.73. The van der Waals surface area contributed by atoms with Crippen molar-refractivity contribution in [3.05, 3.63) is 41.6 Å². The molecule has 2 N–H and O–H groups in total. The van der Waals surface area contributed by atoms with Crippen molar-refractivity contribution in [1.82, 2.24) is 5.43 Å². The molecule has 1 aromatic rings. The SMILES string of the molecule is C=C1CCC(c2ccc3c(c2)CC(=O)N3)=NN1. The Kier molecular flexibility index (Phi) is 2.21. The molecule has 0 spiro atoms. The predicted octanol–water partition coefficient (Wildman–Crippen LogP) is 1.78. The third kappa shape index (κ3) is 1.82. The van der Waals surface area contributed by atoms with Crippen molar-refractivity contribution in [2.75, 3.05) is 5.32 Å². The van der Waals surface area contributed by atoms with Crippen molar-refractivity contribution in [1.29, 1.82) is 0 Å². The first-order valence-electron chi connectivity index (χ1n) is 5.66. The van der Waals surface area contributed by atoms with Crippen LogP contribution in [0.2, 0.25) is 0 Å². The number of nitrogens with one attached hydrogen (secondary N) is 2. The molecular weight excluding hydrogens is 214 g/mol. The Balaban J connectivity index is 1.93. The van der Waals surface area contributed by atoms with Gasteiger partial charge in [0.2, 0.25) is 5.91 Å². The smallest absolute Gasteiger partial charge is 0.228 e. The Morgan fingerprint density at radius 1 is 1.29 bits per heavy atom. The number of hydrogen-bond donors (Lipinski definition) is 2. The molecule has 4 heteroatoms. The Morgan fingerprint density at radius 3 is 2.94 bits per heavy atom. The van der Waals surface area contributed by atoms with Crippen molar-refractivity contribution in [3.8, 4) is 0 Å². The van der Waals surface area contributed by atoms with E-state index in [1.165, 1.54) is 0 Å². The van der Waals surface area contributed by atoms with Gasteiger partial charge in [0.05, 0.1) is 12.1 Å². The molecule has 2 aliphatic heterocycles. The Bertz CT molecular complexity index is 546. The van der Waals surface area contributed by atoms with Crippen LogP contribution in [0.25, 0.3) is 0 Å². The largest absolute Gasteiger partial charge is 0.326 e. The highest BCUT2D eigenvalue weighted by Crippen LogP contribution is 2.25. The van der Waals surface area contributed by atoms with E-state index in [0.717, 1.165) is 41.1 Å². The first-order valence-corrected chi connectivity index (χ1v) is 5.66. The summed E-state index contributed by atoms with van der Waals surface area (Å²) in [5.41, 5.74) is 7.96. The predicted molar refractivity (Wildman–Crippen MR) is 66.8 cm³/mol. The molecule has 1 aromatic carbocycles. The second-order valence-corrected chi connectivity index (χ2v) is 4.37. The van der Waals surface area contributed by atoms with Gasteiger partial charge in [0.25, 0.3) is 0 Å². The van der Waals surface area contributed by atoms with Gasteiger partial charge < -0.3 is 5.32 Å². The highest BCUT2D eigenvalue weighted by Gasteiger charge is 2.19. The summed E-state index contributed by atoms with van der Waals surface area (Å²) in [5, 5.41) is 7.11. The van der Waals surface area contributed by atoms with E-state index in [2.05, 4.69) is 22.4 Å². The molecule has 0 fully saturated rings. The van der Waals surface area contributed by atoms with E-state index in [-0.39, 0.29) is 5.91 Å². The average molecular weight is 227 g/mol. The van der Waals surface area contributed by atoms with Gasteiger partial charge >= 0.3 is 0 Å². The number of carbonyl (C=O) groups excluding carboxylic acids is 1. The van der Waals surface area contributed by atoms with Crippen LogP contribution in [-0.2, 0) is 11.2 Å². The molecule has 1 amide bonds. The molecule has 0 bridgehead atoms. The summed E-state index contributed by atoms with van der Waals surface area (Å²) in [6, 6.07) is 5.99. The van der Waals surface area contributed by atoms with Crippen molar-refractivity contribution in [2.45, 2.75) is 19.3 Å². The maximum absolute atomic E-state index is 11.3. The summed E-state index contributed by atoms with van der Waals surface area (Å²) in [5.74, 6) is 0.0641. The van der Waals surface area contributed by atoms with Crippen LogP contribution in [0.15, 0.2) is 35.6 Å². The Labute approximate surface area is 99.4 Å². The summed E-state index contributed by atoms with van der Waals surface area (Å²) < 4.78 is 0. The molecule has 3 rings (SSSR count). The third-order valence-corrected chi connectivity index (χ3v) is 3.08. The lowest BCUT2D eigenvalue weighted by molar-refractivity contribution is -0.115. The fraction of sp³-hybridized carbons (Fsp3) is 0.231. The van der Waals surface area contributed by atoms with E-state index in [1.807, 2.05) is 18.2 Å². The molecule has 0 aromatic heterocycles. The summed E-state index contributed by atoms with van der Waals surface area (Å²) in [6.45, 7) is 3.84. The highest BCUT2D eigenvalue weighted by molar-refractivity contribution is 6.04.